The lowest BCUT2D eigenvalue weighted by Gasteiger charge is -2.19. The van der Waals surface area contributed by atoms with Gasteiger partial charge in [0.15, 0.2) is 0 Å². The SMILES string of the molecule is Cc1cc(Br)c(CNC(=O)OC(C)(C)C)cc1F. The molecule has 0 fully saturated rings. The fourth-order valence-electron chi connectivity index (χ4n) is 1.30. The third-order valence-corrected chi connectivity index (χ3v) is 2.89. The first-order valence-corrected chi connectivity index (χ1v) is 6.40. The van der Waals surface area contributed by atoms with Gasteiger partial charge in [0.1, 0.15) is 11.4 Å². The van der Waals surface area contributed by atoms with E-state index in [0.29, 0.717) is 11.1 Å². The number of rotatable bonds is 2. The molecule has 1 rings (SSSR count). The van der Waals surface area contributed by atoms with Gasteiger partial charge in [-0.1, -0.05) is 15.9 Å². The summed E-state index contributed by atoms with van der Waals surface area (Å²) in [5.74, 6) is -0.292. The molecule has 0 aliphatic carbocycles. The Morgan fingerprint density at radius 3 is 2.61 bits per heavy atom. The molecule has 0 spiro atoms. The molecule has 1 aromatic carbocycles. The largest absolute Gasteiger partial charge is 0.444 e. The minimum atomic E-state index is -0.542. The summed E-state index contributed by atoms with van der Waals surface area (Å²) in [6.45, 7) is 7.26. The number of amides is 1. The second kappa shape index (κ2) is 5.69. The summed E-state index contributed by atoms with van der Waals surface area (Å²) in [7, 11) is 0. The van der Waals surface area contributed by atoms with Crippen LogP contribution in [0, 0.1) is 12.7 Å². The normalized spacial score (nSPS) is 11.2. The number of nitrogens with one attached hydrogen (secondary N) is 1. The molecule has 0 aromatic heterocycles. The summed E-state index contributed by atoms with van der Waals surface area (Å²) >= 11 is 3.33. The lowest BCUT2D eigenvalue weighted by atomic mass is 10.1. The molecule has 1 aromatic rings. The zero-order valence-electron chi connectivity index (χ0n) is 10.9. The van der Waals surface area contributed by atoms with Crippen LogP contribution in [0.25, 0.3) is 0 Å². The zero-order valence-corrected chi connectivity index (χ0v) is 12.5. The molecule has 5 heteroatoms. The van der Waals surface area contributed by atoms with Gasteiger partial charge in [0.25, 0.3) is 0 Å². The van der Waals surface area contributed by atoms with E-state index in [4.69, 9.17) is 4.74 Å². The summed E-state index contributed by atoms with van der Waals surface area (Å²) in [5, 5.41) is 2.59. The van der Waals surface area contributed by atoms with Crippen LogP contribution in [0.15, 0.2) is 16.6 Å². The lowest BCUT2D eigenvalue weighted by Crippen LogP contribution is -2.32. The molecular weight excluding hydrogens is 301 g/mol. The summed E-state index contributed by atoms with van der Waals surface area (Å²) < 4.78 is 19.2. The lowest BCUT2D eigenvalue weighted by molar-refractivity contribution is 0.0523. The molecule has 0 radical (unpaired) electrons. The van der Waals surface area contributed by atoms with Crippen molar-refractivity contribution in [1.82, 2.24) is 5.32 Å². The number of hydrogen-bond donors (Lipinski definition) is 1. The first kappa shape index (κ1) is 15.0. The minimum Gasteiger partial charge on any atom is -0.444 e. The standard InChI is InChI=1S/C13H17BrFNO2/c1-8-5-10(14)9(6-11(8)15)7-16-12(17)18-13(2,3)4/h5-6H,7H2,1-4H3,(H,16,17). The highest BCUT2D eigenvalue weighted by Gasteiger charge is 2.16. The second-order valence-corrected chi connectivity index (χ2v) is 5.90. The van der Waals surface area contributed by atoms with Crippen LogP contribution in [0.4, 0.5) is 9.18 Å². The van der Waals surface area contributed by atoms with Crippen molar-refractivity contribution < 1.29 is 13.9 Å². The van der Waals surface area contributed by atoms with Crippen molar-refractivity contribution in [3.8, 4) is 0 Å². The highest BCUT2D eigenvalue weighted by atomic mass is 79.9. The second-order valence-electron chi connectivity index (χ2n) is 5.05. The maximum atomic E-state index is 13.4. The molecule has 0 aliphatic heterocycles. The number of halogens is 2. The molecule has 3 nitrogen and oxygen atoms in total. The van der Waals surface area contributed by atoms with Crippen molar-refractivity contribution >= 4 is 22.0 Å². The van der Waals surface area contributed by atoms with Gasteiger partial charge in [0.05, 0.1) is 0 Å². The van der Waals surface area contributed by atoms with E-state index < -0.39 is 11.7 Å². The monoisotopic (exact) mass is 317 g/mol. The number of aryl methyl sites for hydroxylation is 1. The Morgan fingerprint density at radius 2 is 2.06 bits per heavy atom. The van der Waals surface area contributed by atoms with Crippen LogP contribution >= 0.6 is 15.9 Å². The average Bonchev–Trinajstić information content (AvgIpc) is 2.19. The number of alkyl carbamates (subject to hydrolysis) is 1. The first-order valence-electron chi connectivity index (χ1n) is 5.60. The molecule has 0 unspecified atom stereocenters. The van der Waals surface area contributed by atoms with E-state index in [-0.39, 0.29) is 12.4 Å². The van der Waals surface area contributed by atoms with Crippen molar-refractivity contribution in [3.63, 3.8) is 0 Å². The Kier molecular flexibility index (Phi) is 4.73. The van der Waals surface area contributed by atoms with Gasteiger partial charge in [0, 0.05) is 11.0 Å². The third-order valence-electron chi connectivity index (χ3n) is 2.15. The number of hydrogen-bond acceptors (Lipinski definition) is 2. The molecule has 0 aliphatic rings. The van der Waals surface area contributed by atoms with Gasteiger partial charge in [-0.25, -0.2) is 9.18 Å². The Labute approximate surface area is 115 Å². The number of ether oxygens (including phenoxy) is 1. The van der Waals surface area contributed by atoms with Crippen LogP contribution in [-0.4, -0.2) is 11.7 Å². The Morgan fingerprint density at radius 1 is 1.44 bits per heavy atom. The fourth-order valence-corrected chi connectivity index (χ4v) is 1.90. The predicted octanol–water partition coefficient (Wildman–Crippen LogP) is 3.92. The number of carbonyl (C=O) groups is 1. The number of carbonyl (C=O) groups excluding carboxylic acids is 1. The molecule has 100 valence electrons. The van der Waals surface area contributed by atoms with E-state index in [2.05, 4.69) is 21.2 Å². The van der Waals surface area contributed by atoms with Crippen molar-refractivity contribution in [2.45, 2.75) is 39.8 Å². The van der Waals surface area contributed by atoms with Gasteiger partial charge in [-0.2, -0.15) is 0 Å². The molecule has 0 saturated heterocycles. The van der Waals surface area contributed by atoms with E-state index >= 15 is 0 Å². The van der Waals surface area contributed by atoms with Gasteiger partial charge < -0.3 is 10.1 Å². The highest BCUT2D eigenvalue weighted by Crippen LogP contribution is 2.21. The van der Waals surface area contributed by atoms with Crippen LogP contribution in [-0.2, 0) is 11.3 Å². The van der Waals surface area contributed by atoms with Gasteiger partial charge in [-0.05, 0) is 51.0 Å². The van der Waals surface area contributed by atoms with E-state index in [9.17, 15) is 9.18 Å². The number of benzene rings is 1. The Balaban J connectivity index is 2.64. The third kappa shape index (κ3) is 4.64. The first-order chi connectivity index (χ1) is 8.19. The maximum absolute atomic E-state index is 13.4. The van der Waals surface area contributed by atoms with Gasteiger partial charge in [-0.15, -0.1) is 0 Å². The molecule has 1 amide bonds. The van der Waals surface area contributed by atoms with Crippen molar-refractivity contribution in [2.75, 3.05) is 0 Å². The maximum Gasteiger partial charge on any atom is 0.407 e. The molecule has 0 saturated carbocycles. The summed E-state index contributed by atoms with van der Waals surface area (Å²) in [5.41, 5.74) is 0.687. The molecular formula is C13H17BrFNO2. The van der Waals surface area contributed by atoms with E-state index in [1.165, 1.54) is 6.07 Å². The molecule has 0 bridgehead atoms. The minimum absolute atomic E-state index is 0.215. The molecule has 0 atom stereocenters. The van der Waals surface area contributed by atoms with E-state index in [1.807, 2.05) is 0 Å². The molecule has 0 heterocycles. The van der Waals surface area contributed by atoms with Gasteiger partial charge >= 0.3 is 6.09 Å². The van der Waals surface area contributed by atoms with E-state index in [1.54, 1.807) is 33.8 Å². The average molecular weight is 318 g/mol. The molecule has 1 N–H and O–H groups in total. The van der Waals surface area contributed by atoms with Crippen molar-refractivity contribution in [3.05, 3.63) is 33.5 Å². The topological polar surface area (TPSA) is 38.3 Å². The van der Waals surface area contributed by atoms with Crippen molar-refractivity contribution in [2.24, 2.45) is 0 Å². The van der Waals surface area contributed by atoms with E-state index in [0.717, 1.165) is 4.47 Å². The quantitative estimate of drug-likeness (QED) is 0.897. The highest BCUT2D eigenvalue weighted by molar-refractivity contribution is 9.10. The summed E-state index contributed by atoms with van der Waals surface area (Å²) in [6.07, 6.45) is -0.518. The van der Waals surface area contributed by atoms with Crippen LogP contribution in [0.1, 0.15) is 31.9 Å². The predicted molar refractivity (Wildman–Crippen MR) is 71.9 cm³/mol. The Hall–Kier alpha value is -1.10. The molecule has 18 heavy (non-hydrogen) atoms. The Bertz CT molecular complexity index is 455. The zero-order chi connectivity index (χ0) is 13.9. The van der Waals surface area contributed by atoms with Crippen LogP contribution in [0.3, 0.4) is 0 Å². The fraction of sp³-hybridized carbons (Fsp3) is 0.462. The summed E-state index contributed by atoms with van der Waals surface area (Å²) in [4.78, 5) is 11.5. The van der Waals surface area contributed by atoms with Gasteiger partial charge in [0.2, 0.25) is 0 Å². The van der Waals surface area contributed by atoms with Crippen molar-refractivity contribution in [1.29, 1.82) is 0 Å². The summed E-state index contributed by atoms with van der Waals surface area (Å²) in [6, 6.07) is 3.08. The van der Waals surface area contributed by atoms with Gasteiger partial charge in [-0.3, -0.25) is 0 Å². The van der Waals surface area contributed by atoms with Crippen LogP contribution in [0.5, 0.6) is 0 Å². The van der Waals surface area contributed by atoms with Crippen LogP contribution in [0.2, 0.25) is 0 Å². The van der Waals surface area contributed by atoms with Crippen LogP contribution < -0.4 is 5.32 Å². The smallest absolute Gasteiger partial charge is 0.407 e.